The van der Waals surface area contributed by atoms with Gasteiger partial charge in [-0.15, -0.1) is 0 Å². The van der Waals surface area contributed by atoms with E-state index in [0.717, 1.165) is 13.1 Å². The third-order valence-electron chi connectivity index (χ3n) is 6.41. The molecule has 31 heavy (non-hydrogen) atoms. The molecule has 1 aromatic heterocycles. The summed E-state index contributed by atoms with van der Waals surface area (Å²) in [5.74, 6) is 0.357. The van der Waals surface area contributed by atoms with E-state index in [4.69, 9.17) is 4.98 Å². The van der Waals surface area contributed by atoms with E-state index >= 15 is 0 Å². The van der Waals surface area contributed by atoms with Crippen LogP contribution in [-0.2, 0) is 7.05 Å². The van der Waals surface area contributed by atoms with Crippen LogP contribution in [0.1, 0.15) is 35.3 Å². The maximum absolute atomic E-state index is 14.5. The van der Waals surface area contributed by atoms with E-state index < -0.39 is 17.8 Å². The predicted octanol–water partition coefficient (Wildman–Crippen LogP) is 3.40. The largest absolute Gasteiger partial charge is 0.478 e. The number of carbonyl (C=O) groups is 1. The first kappa shape index (κ1) is 19.5. The van der Waals surface area contributed by atoms with Gasteiger partial charge in [0, 0.05) is 31.4 Å². The van der Waals surface area contributed by atoms with Crippen LogP contribution in [0.15, 0.2) is 41.2 Å². The SMILES string of the molecule is CC(Nc1ccccc1C(=O)O)c1cc(F)cc2c(=O)n(C)c(N3CC4CC4C3)nc12. The highest BCUT2D eigenvalue weighted by Gasteiger charge is 2.46. The molecule has 1 aliphatic heterocycles. The molecular weight excluding hydrogens is 399 g/mol. The third-order valence-corrected chi connectivity index (χ3v) is 6.41. The van der Waals surface area contributed by atoms with Crippen LogP contribution in [0.25, 0.3) is 10.9 Å². The molecule has 3 atom stereocenters. The summed E-state index contributed by atoms with van der Waals surface area (Å²) in [5, 5.41) is 12.8. The molecule has 0 bridgehead atoms. The Labute approximate surface area is 178 Å². The monoisotopic (exact) mass is 422 g/mol. The number of carboxylic acid groups (broad SMARTS) is 1. The first-order valence-corrected chi connectivity index (χ1v) is 10.4. The number of anilines is 2. The molecule has 160 valence electrons. The van der Waals surface area contributed by atoms with Gasteiger partial charge < -0.3 is 15.3 Å². The number of hydrogen-bond acceptors (Lipinski definition) is 5. The summed E-state index contributed by atoms with van der Waals surface area (Å²) < 4.78 is 16.0. The van der Waals surface area contributed by atoms with Crippen LogP contribution >= 0.6 is 0 Å². The van der Waals surface area contributed by atoms with Crippen LogP contribution in [-0.4, -0.2) is 33.7 Å². The lowest BCUT2D eigenvalue weighted by molar-refractivity contribution is 0.0698. The van der Waals surface area contributed by atoms with E-state index in [-0.39, 0.29) is 16.5 Å². The quantitative estimate of drug-likeness (QED) is 0.655. The molecule has 3 aromatic rings. The number of aromatic nitrogens is 2. The van der Waals surface area contributed by atoms with Crippen LogP contribution < -0.4 is 15.8 Å². The van der Waals surface area contributed by atoms with Gasteiger partial charge in [0.1, 0.15) is 5.82 Å². The van der Waals surface area contributed by atoms with Crippen molar-refractivity contribution in [3.63, 3.8) is 0 Å². The number of para-hydroxylation sites is 1. The molecule has 3 unspecified atom stereocenters. The number of rotatable bonds is 5. The topological polar surface area (TPSA) is 87.5 Å². The van der Waals surface area contributed by atoms with Gasteiger partial charge in [-0.05, 0) is 49.4 Å². The number of nitrogens with zero attached hydrogens (tertiary/aromatic N) is 3. The lowest BCUT2D eigenvalue weighted by atomic mass is 10.0. The van der Waals surface area contributed by atoms with Crippen LogP contribution in [0.2, 0.25) is 0 Å². The lowest BCUT2D eigenvalue weighted by Gasteiger charge is -2.23. The second kappa shape index (κ2) is 7.08. The standard InChI is InChI=1S/C23H23FN4O3/c1-12(25-19-6-4-3-5-16(19)22(30)31)17-8-15(24)9-18-20(17)26-23(27(2)21(18)29)28-10-13-7-14(13)11-28/h3-6,8-9,12-14,25H,7,10-11H2,1-2H3,(H,30,31). The molecule has 7 nitrogen and oxygen atoms in total. The summed E-state index contributed by atoms with van der Waals surface area (Å²) >= 11 is 0. The summed E-state index contributed by atoms with van der Waals surface area (Å²) in [6.45, 7) is 3.57. The highest BCUT2D eigenvalue weighted by Crippen LogP contribution is 2.46. The van der Waals surface area contributed by atoms with Crippen molar-refractivity contribution in [1.29, 1.82) is 0 Å². The zero-order chi connectivity index (χ0) is 21.9. The molecule has 2 fully saturated rings. The zero-order valence-corrected chi connectivity index (χ0v) is 17.3. The van der Waals surface area contributed by atoms with E-state index in [9.17, 15) is 19.1 Å². The molecule has 0 spiro atoms. The van der Waals surface area contributed by atoms with Gasteiger partial charge in [0.2, 0.25) is 5.95 Å². The first-order valence-electron chi connectivity index (χ1n) is 10.4. The van der Waals surface area contributed by atoms with Gasteiger partial charge in [-0.25, -0.2) is 14.2 Å². The molecule has 0 radical (unpaired) electrons. The highest BCUT2D eigenvalue weighted by atomic mass is 19.1. The van der Waals surface area contributed by atoms with E-state index in [1.807, 2.05) is 0 Å². The van der Waals surface area contributed by atoms with E-state index in [1.54, 1.807) is 32.2 Å². The number of benzene rings is 2. The number of hydrogen-bond donors (Lipinski definition) is 2. The fourth-order valence-corrected chi connectivity index (χ4v) is 4.64. The molecule has 5 rings (SSSR count). The second-order valence-electron chi connectivity index (χ2n) is 8.54. The minimum atomic E-state index is -1.05. The Bertz CT molecular complexity index is 1260. The zero-order valence-electron chi connectivity index (χ0n) is 17.3. The Balaban J connectivity index is 1.60. The van der Waals surface area contributed by atoms with Crippen molar-refractivity contribution in [3.05, 3.63) is 63.7 Å². The normalized spacial score (nSPS) is 20.5. The van der Waals surface area contributed by atoms with Crippen molar-refractivity contribution in [2.45, 2.75) is 19.4 Å². The summed E-state index contributed by atoms with van der Waals surface area (Å²) in [6.07, 6.45) is 1.23. The number of nitrogens with one attached hydrogen (secondary N) is 1. The smallest absolute Gasteiger partial charge is 0.337 e. The Kier molecular flexibility index (Phi) is 4.46. The first-order chi connectivity index (χ1) is 14.8. The average Bonchev–Trinajstić information content (AvgIpc) is 3.35. The fraction of sp³-hybridized carbons (Fsp3) is 0.348. The van der Waals surface area contributed by atoms with Crippen molar-refractivity contribution >= 4 is 28.5 Å². The Morgan fingerprint density at radius 3 is 2.68 bits per heavy atom. The van der Waals surface area contributed by atoms with Crippen LogP contribution in [0.3, 0.4) is 0 Å². The average molecular weight is 422 g/mol. The van der Waals surface area contributed by atoms with E-state index in [0.29, 0.717) is 34.6 Å². The number of fused-ring (bicyclic) bond motifs is 2. The molecule has 2 N–H and O–H groups in total. The molecule has 2 aliphatic rings. The summed E-state index contributed by atoms with van der Waals surface area (Å²) in [6, 6.07) is 8.66. The Morgan fingerprint density at radius 2 is 1.97 bits per heavy atom. The van der Waals surface area contributed by atoms with Gasteiger partial charge in [0.25, 0.3) is 5.56 Å². The van der Waals surface area contributed by atoms with Crippen LogP contribution in [0.4, 0.5) is 16.0 Å². The van der Waals surface area contributed by atoms with E-state index in [2.05, 4.69) is 10.2 Å². The van der Waals surface area contributed by atoms with Gasteiger partial charge in [-0.1, -0.05) is 12.1 Å². The summed E-state index contributed by atoms with van der Waals surface area (Å²) in [4.78, 5) is 31.5. The molecule has 1 aliphatic carbocycles. The second-order valence-corrected chi connectivity index (χ2v) is 8.54. The van der Waals surface area contributed by atoms with Gasteiger partial charge >= 0.3 is 5.97 Å². The van der Waals surface area contributed by atoms with Crippen molar-refractivity contribution in [3.8, 4) is 0 Å². The molecule has 0 amide bonds. The third kappa shape index (κ3) is 3.32. The Morgan fingerprint density at radius 1 is 1.26 bits per heavy atom. The molecule has 2 heterocycles. The van der Waals surface area contributed by atoms with Gasteiger partial charge in [-0.2, -0.15) is 0 Å². The maximum Gasteiger partial charge on any atom is 0.337 e. The van der Waals surface area contributed by atoms with Crippen molar-refractivity contribution in [1.82, 2.24) is 9.55 Å². The van der Waals surface area contributed by atoms with Crippen molar-refractivity contribution < 1.29 is 14.3 Å². The van der Waals surface area contributed by atoms with Crippen LogP contribution in [0.5, 0.6) is 0 Å². The summed E-state index contributed by atoms with van der Waals surface area (Å²) in [5.41, 5.74) is 1.20. The fourth-order valence-electron chi connectivity index (χ4n) is 4.64. The lowest BCUT2D eigenvalue weighted by Crippen LogP contribution is -2.31. The maximum atomic E-state index is 14.5. The molecule has 1 saturated carbocycles. The number of piperidine rings is 1. The van der Waals surface area contributed by atoms with Crippen LogP contribution in [0, 0.1) is 17.7 Å². The number of carboxylic acids is 1. The van der Waals surface area contributed by atoms with Gasteiger partial charge in [-0.3, -0.25) is 9.36 Å². The minimum Gasteiger partial charge on any atom is -0.478 e. The Hall–Kier alpha value is -3.42. The highest BCUT2D eigenvalue weighted by molar-refractivity contribution is 5.94. The molecule has 2 aromatic carbocycles. The van der Waals surface area contributed by atoms with Gasteiger partial charge in [0.05, 0.1) is 22.5 Å². The summed E-state index contributed by atoms with van der Waals surface area (Å²) in [7, 11) is 1.67. The molecule has 1 saturated heterocycles. The van der Waals surface area contributed by atoms with Gasteiger partial charge in [0.15, 0.2) is 0 Å². The predicted molar refractivity (Wildman–Crippen MR) is 116 cm³/mol. The number of aromatic carboxylic acids is 1. The van der Waals surface area contributed by atoms with Crippen molar-refractivity contribution in [2.24, 2.45) is 18.9 Å². The van der Waals surface area contributed by atoms with E-state index in [1.165, 1.54) is 29.2 Å². The molecular formula is C23H23FN4O3. The minimum absolute atomic E-state index is 0.121. The molecule has 8 heteroatoms. The van der Waals surface area contributed by atoms with Crippen molar-refractivity contribution in [2.75, 3.05) is 23.3 Å². The number of halogens is 1.